The molecule has 0 bridgehead atoms. The molecule has 0 unspecified atom stereocenters. The van der Waals surface area contributed by atoms with E-state index >= 15 is 0 Å². The summed E-state index contributed by atoms with van der Waals surface area (Å²) >= 11 is 13.1. The Balaban J connectivity index is 1.47. The number of aromatic amines is 1. The summed E-state index contributed by atoms with van der Waals surface area (Å²) in [7, 11) is 1.74. The number of primary amides is 1. The maximum absolute atomic E-state index is 14.7. The van der Waals surface area contributed by atoms with Crippen molar-refractivity contribution in [2.24, 2.45) is 5.73 Å². The highest BCUT2D eigenvalue weighted by Crippen LogP contribution is 2.49. The predicted octanol–water partition coefficient (Wildman–Crippen LogP) is 5.40. The molecule has 1 saturated carbocycles. The van der Waals surface area contributed by atoms with Gasteiger partial charge in [-0.25, -0.2) is 4.39 Å². The van der Waals surface area contributed by atoms with E-state index in [-0.39, 0.29) is 34.1 Å². The zero-order valence-corrected chi connectivity index (χ0v) is 23.9. The highest BCUT2D eigenvalue weighted by Gasteiger charge is 2.50. The van der Waals surface area contributed by atoms with E-state index in [2.05, 4.69) is 10.3 Å². The minimum Gasteiger partial charge on any atom is -0.387 e. The average molecular weight is 593 g/mol. The molecule has 1 aromatic heterocycles. The Kier molecular flexibility index (Phi) is 7.41. The van der Waals surface area contributed by atoms with Crippen molar-refractivity contribution in [2.75, 3.05) is 13.6 Å². The molecule has 2 heterocycles. The molecule has 41 heavy (non-hydrogen) atoms. The van der Waals surface area contributed by atoms with E-state index in [0.29, 0.717) is 41.1 Å². The Morgan fingerprint density at radius 2 is 1.95 bits per heavy atom. The topological polar surface area (TPSA) is 139 Å². The molecule has 11 heteroatoms. The maximum atomic E-state index is 14.7. The van der Waals surface area contributed by atoms with Crippen LogP contribution in [-0.4, -0.2) is 47.0 Å². The molecular weight excluding hydrogens is 566 g/mol. The Labute approximate surface area is 246 Å². The normalized spacial score (nSPS) is 19.0. The first-order valence-electron chi connectivity index (χ1n) is 13.0. The number of likely N-dealkylation sites (tertiary alicyclic amines) is 1. The highest BCUT2D eigenvalue weighted by molar-refractivity contribution is 6.36. The van der Waals surface area contributed by atoms with Crippen LogP contribution in [-0.2, 0) is 10.2 Å². The van der Waals surface area contributed by atoms with Gasteiger partial charge in [0.25, 0.3) is 5.91 Å². The van der Waals surface area contributed by atoms with Gasteiger partial charge in [-0.05, 0) is 73.7 Å². The molecule has 2 fully saturated rings. The van der Waals surface area contributed by atoms with Crippen molar-refractivity contribution in [1.29, 1.82) is 10.7 Å². The van der Waals surface area contributed by atoms with Crippen molar-refractivity contribution in [3.05, 3.63) is 86.4 Å². The van der Waals surface area contributed by atoms with Crippen LogP contribution < -0.4 is 11.1 Å². The number of hydrogen-bond acceptors (Lipinski definition) is 5. The Morgan fingerprint density at radius 3 is 2.56 bits per heavy atom. The lowest BCUT2D eigenvalue weighted by Gasteiger charge is -2.36. The minimum atomic E-state index is -0.723. The van der Waals surface area contributed by atoms with Crippen LogP contribution in [0.3, 0.4) is 0 Å². The van der Waals surface area contributed by atoms with E-state index in [1.54, 1.807) is 26.1 Å². The van der Waals surface area contributed by atoms with E-state index in [1.165, 1.54) is 23.2 Å². The van der Waals surface area contributed by atoms with Gasteiger partial charge in [-0.2, -0.15) is 5.26 Å². The van der Waals surface area contributed by atoms with Gasteiger partial charge in [0.15, 0.2) is 0 Å². The standard InChI is InChI=1S/C30H27Cl2FN6O2/c1-15-26(35)22(27(37-2)16-7-18(10-19(31)8-16)30(4-5-30)29(36)41)3-6-39(15)28(40)24-12-20(33)11-23(25(24)32)17-9-21(13-34)38-14-17/h7-12,14-15,35,37-38H,3-6H2,1-2H3,(H2,36,41)/b27-22-,35-26?/t15-/m1/s1. The number of nitriles is 1. The van der Waals surface area contributed by atoms with Crippen molar-refractivity contribution in [3.8, 4) is 17.2 Å². The number of hydrogen-bond donors (Lipinski definition) is 4. The minimum absolute atomic E-state index is 0.0250. The Bertz CT molecular complexity index is 1680. The fourth-order valence-electron chi connectivity index (χ4n) is 5.51. The average Bonchev–Trinajstić information content (AvgIpc) is 3.63. The third-order valence-electron chi connectivity index (χ3n) is 7.97. The number of benzene rings is 2. The van der Waals surface area contributed by atoms with Crippen LogP contribution in [0.4, 0.5) is 4.39 Å². The van der Waals surface area contributed by atoms with Crippen LogP contribution in [0.25, 0.3) is 16.8 Å². The van der Waals surface area contributed by atoms with Crippen LogP contribution in [0.5, 0.6) is 0 Å². The van der Waals surface area contributed by atoms with Crippen LogP contribution in [0, 0.1) is 22.6 Å². The summed E-state index contributed by atoms with van der Waals surface area (Å²) in [6.07, 6.45) is 3.19. The van der Waals surface area contributed by atoms with Gasteiger partial charge in [0.2, 0.25) is 5.91 Å². The van der Waals surface area contributed by atoms with Crippen molar-refractivity contribution in [1.82, 2.24) is 15.2 Å². The van der Waals surface area contributed by atoms with Crippen LogP contribution in [0.2, 0.25) is 10.0 Å². The number of H-pyrrole nitrogens is 1. The fraction of sp³-hybridized carbons (Fsp3) is 0.267. The second-order valence-corrected chi connectivity index (χ2v) is 11.2. The Morgan fingerprint density at radius 1 is 1.22 bits per heavy atom. The predicted molar refractivity (Wildman–Crippen MR) is 156 cm³/mol. The molecule has 8 nitrogen and oxygen atoms in total. The molecule has 0 radical (unpaired) electrons. The maximum Gasteiger partial charge on any atom is 0.256 e. The molecule has 2 aromatic carbocycles. The smallest absolute Gasteiger partial charge is 0.256 e. The number of piperidine rings is 1. The van der Waals surface area contributed by atoms with E-state index in [9.17, 15) is 14.0 Å². The summed E-state index contributed by atoms with van der Waals surface area (Å²) in [5.74, 6) is -1.54. The molecule has 1 aliphatic heterocycles. The summed E-state index contributed by atoms with van der Waals surface area (Å²) < 4.78 is 14.7. The van der Waals surface area contributed by atoms with E-state index in [1.807, 2.05) is 12.1 Å². The number of nitrogens with one attached hydrogen (secondary N) is 3. The number of amides is 2. The van der Waals surface area contributed by atoms with Gasteiger partial charge >= 0.3 is 0 Å². The van der Waals surface area contributed by atoms with Gasteiger partial charge in [-0.3, -0.25) is 9.59 Å². The molecule has 210 valence electrons. The first-order chi connectivity index (χ1) is 19.5. The monoisotopic (exact) mass is 592 g/mol. The number of carbonyl (C=O) groups is 2. The third-order valence-corrected chi connectivity index (χ3v) is 8.59. The van der Waals surface area contributed by atoms with Crippen molar-refractivity contribution < 1.29 is 14.0 Å². The lowest BCUT2D eigenvalue weighted by molar-refractivity contribution is -0.120. The van der Waals surface area contributed by atoms with Gasteiger partial charge in [0.05, 0.1) is 27.8 Å². The second-order valence-electron chi connectivity index (χ2n) is 10.3. The van der Waals surface area contributed by atoms with Gasteiger partial charge < -0.3 is 26.3 Å². The van der Waals surface area contributed by atoms with Crippen LogP contribution >= 0.6 is 23.2 Å². The van der Waals surface area contributed by atoms with E-state index in [0.717, 1.165) is 17.2 Å². The first kappa shape index (κ1) is 28.4. The molecule has 3 aromatic rings. The number of nitrogens with two attached hydrogens (primary N) is 1. The second kappa shape index (κ2) is 10.7. The summed E-state index contributed by atoms with van der Waals surface area (Å²) in [5, 5.41) is 21.8. The summed E-state index contributed by atoms with van der Waals surface area (Å²) in [6.45, 7) is 1.99. The van der Waals surface area contributed by atoms with E-state index < -0.39 is 29.1 Å². The molecule has 2 aliphatic rings. The number of nitrogens with zero attached hydrogens (tertiary/aromatic N) is 2. The zero-order valence-electron chi connectivity index (χ0n) is 22.4. The van der Waals surface area contributed by atoms with E-state index in [4.69, 9.17) is 39.6 Å². The third kappa shape index (κ3) is 4.98. The van der Waals surface area contributed by atoms with Crippen LogP contribution in [0.1, 0.15) is 53.4 Å². The van der Waals surface area contributed by atoms with Gasteiger partial charge in [-0.15, -0.1) is 0 Å². The zero-order chi connectivity index (χ0) is 29.6. The molecule has 5 rings (SSSR count). The van der Waals surface area contributed by atoms with Crippen molar-refractivity contribution in [3.63, 3.8) is 0 Å². The van der Waals surface area contributed by atoms with Crippen LogP contribution in [0.15, 0.2) is 48.2 Å². The van der Waals surface area contributed by atoms with Gasteiger partial charge in [0, 0.05) is 47.2 Å². The quantitative estimate of drug-likeness (QED) is 0.304. The molecule has 5 N–H and O–H groups in total. The highest BCUT2D eigenvalue weighted by atomic mass is 35.5. The van der Waals surface area contributed by atoms with Gasteiger partial charge in [0.1, 0.15) is 17.6 Å². The Hall–Kier alpha value is -4.13. The number of rotatable bonds is 6. The van der Waals surface area contributed by atoms with Crippen molar-refractivity contribution in [2.45, 2.75) is 37.6 Å². The summed E-state index contributed by atoms with van der Waals surface area (Å²) in [6, 6.07) is 10.6. The largest absolute Gasteiger partial charge is 0.387 e. The lowest BCUT2D eigenvalue weighted by atomic mass is 9.88. The fourth-order valence-corrected chi connectivity index (χ4v) is 6.05. The summed E-state index contributed by atoms with van der Waals surface area (Å²) in [4.78, 5) is 30.1. The molecule has 2 amide bonds. The SMILES string of the molecule is CN/C(=C1/CCN(C(=O)c2cc(F)cc(-c3c[nH]c(C#N)c3)c2Cl)[C@H](C)C1=N)c1cc(Cl)cc(C2(C(N)=O)CC2)c1. The van der Waals surface area contributed by atoms with Gasteiger partial charge in [-0.1, -0.05) is 23.2 Å². The molecule has 1 saturated heterocycles. The lowest BCUT2D eigenvalue weighted by Crippen LogP contribution is -2.48. The number of halogens is 3. The summed E-state index contributed by atoms with van der Waals surface area (Å²) in [5.41, 5.74) is 9.03. The molecule has 1 atom stereocenters. The molecule has 0 spiro atoms. The first-order valence-corrected chi connectivity index (χ1v) is 13.8. The molecular formula is C30H27Cl2FN6O2. The van der Waals surface area contributed by atoms with Crippen molar-refractivity contribution >= 4 is 46.4 Å². The molecule has 1 aliphatic carbocycles. The number of aromatic nitrogens is 1. The number of carbonyl (C=O) groups excluding carboxylic acids is 2.